The van der Waals surface area contributed by atoms with Crippen molar-refractivity contribution in [3.05, 3.63) is 58.1 Å². The van der Waals surface area contributed by atoms with E-state index >= 15 is 0 Å². The van der Waals surface area contributed by atoms with Gasteiger partial charge in [0.2, 0.25) is 0 Å². The van der Waals surface area contributed by atoms with Gasteiger partial charge in [0.1, 0.15) is 0 Å². The van der Waals surface area contributed by atoms with Crippen molar-refractivity contribution in [1.29, 1.82) is 0 Å². The van der Waals surface area contributed by atoms with Crippen LogP contribution in [0.3, 0.4) is 0 Å². The minimum absolute atomic E-state index is 0.194. The molecule has 1 heterocycles. The van der Waals surface area contributed by atoms with Gasteiger partial charge in [0.15, 0.2) is 0 Å². The summed E-state index contributed by atoms with van der Waals surface area (Å²) >= 11 is 11.8. The number of benzene rings is 1. The van der Waals surface area contributed by atoms with E-state index < -0.39 is 0 Å². The molecule has 0 spiro atoms. The molecule has 0 amide bonds. The molecule has 0 bridgehead atoms. The Morgan fingerprint density at radius 2 is 2.00 bits per heavy atom. The third kappa shape index (κ3) is 3.16. The molecule has 88 valence electrons. The highest BCUT2D eigenvalue weighted by Crippen LogP contribution is 2.24. The number of hydrogen-bond acceptors (Lipinski definition) is 3. The van der Waals surface area contributed by atoms with E-state index in [1.807, 2.05) is 12.1 Å². The second kappa shape index (κ2) is 5.45. The number of aromatic nitrogens is 2. The molecular weight excluding hydrogens is 257 g/mol. The Morgan fingerprint density at radius 1 is 1.18 bits per heavy atom. The predicted molar refractivity (Wildman–Crippen MR) is 69.1 cm³/mol. The lowest BCUT2D eigenvalue weighted by atomic mass is 10.0. The van der Waals surface area contributed by atoms with Crippen molar-refractivity contribution >= 4 is 23.2 Å². The second-order valence-corrected chi connectivity index (χ2v) is 4.50. The molecule has 1 atom stereocenters. The Hall–Kier alpha value is -1.16. The predicted octanol–water partition coefficient (Wildman–Crippen LogP) is 3.03. The molecule has 0 aliphatic carbocycles. The molecule has 0 radical (unpaired) electrons. The first-order chi connectivity index (χ1) is 8.16. The van der Waals surface area contributed by atoms with E-state index in [-0.39, 0.29) is 6.04 Å². The largest absolute Gasteiger partial charge is 0.322 e. The van der Waals surface area contributed by atoms with Crippen LogP contribution in [0.5, 0.6) is 0 Å². The molecule has 0 fully saturated rings. The van der Waals surface area contributed by atoms with E-state index in [9.17, 15) is 0 Å². The number of hydrogen-bond donors (Lipinski definition) is 1. The summed E-state index contributed by atoms with van der Waals surface area (Å²) in [4.78, 5) is 8.16. The van der Waals surface area contributed by atoms with Crippen LogP contribution in [-0.4, -0.2) is 9.97 Å². The zero-order valence-corrected chi connectivity index (χ0v) is 10.5. The van der Waals surface area contributed by atoms with Crippen LogP contribution in [-0.2, 0) is 6.42 Å². The van der Waals surface area contributed by atoms with Gasteiger partial charge in [-0.15, -0.1) is 0 Å². The zero-order chi connectivity index (χ0) is 12.3. The van der Waals surface area contributed by atoms with Gasteiger partial charge in [-0.25, -0.2) is 0 Å². The third-order valence-corrected chi connectivity index (χ3v) is 3.14. The number of nitrogens with zero attached hydrogens (tertiary/aromatic N) is 2. The van der Waals surface area contributed by atoms with Crippen molar-refractivity contribution in [2.45, 2.75) is 12.5 Å². The SMILES string of the molecule is NC(Cc1ccc(Cl)c(Cl)c1)c1cnccn1. The summed E-state index contributed by atoms with van der Waals surface area (Å²) in [6.07, 6.45) is 5.57. The van der Waals surface area contributed by atoms with Crippen molar-refractivity contribution in [3.63, 3.8) is 0 Å². The Balaban J connectivity index is 2.13. The molecule has 17 heavy (non-hydrogen) atoms. The summed E-state index contributed by atoms with van der Waals surface area (Å²) in [5.41, 5.74) is 7.82. The highest BCUT2D eigenvalue weighted by Gasteiger charge is 2.09. The Kier molecular flexibility index (Phi) is 3.94. The van der Waals surface area contributed by atoms with Crippen LogP contribution in [0.2, 0.25) is 10.0 Å². The van der Waals surface area contributed by atoms with Gasteiger partial charge in [-0.2, -0.15) is 0 Å². The molecule has 5 heteroatoms. The van der Waals surface area contributed by atoms with E-state index in [1.54, 1.807) is 24.7 Å². The fourth-order valence-corrected chi connectivity index (χ4v) is 1.85. The van der Waals surface area contributed by atoms with Crippen LogP contribution in [0.15, 0.2) is 36.8 Å². The first-order valence-electron chi connectivity index (χ1n) is 5.12. The van der Waals surface area contributed by atoms with Gasteiger partial charge in [-0.05, 0) is 24.1 Å². The van der Waals surface area contributed by atoms with Crippen molar-refractivity contribution < 1.29 is 0 Å². The van der Waals surface area contributed by atoms with Gasteiger partial charge >= 0.3 is 0 Å². The topological polar surface area (TPSA) is 51.8 Å². The molecule has 2 aromatic rings. The maximum absolute atomic E-state index is 6.04. The lowest BCUT2D eigenvalue weighted by Crippen LogP contribution is -2.15. The molecule has 0 aliphatic rings. The molecule has 2 rings (SSSR count). The molecule has 3 nitrogen and oxygen atoms in total. The van der Waals surface area contributed by atoms with Gasteiger partial charge in [0.25, 0.3) is 0 Å². The molecular formula is C12H11Cl2N3. The first-order valence-corrected chi connectivity index (χ1v) is 5.88. The first kappa shape index (κ1) is 12.3. The van der Waals surface area contributed by atoms with Crippen LogP contribution in [0.25, 0.3) is 0 Å². The summed E-state index contributed by atoms with van der Waals surface area (Å²) in [6, 6.07) is 5.30. The molecule has 1 aromatic heterocycles. The summed E-state index contributed by atoms with van der Waals surface area (Å²) < 4.78 is 0. The molecule has 0 saturated carbocycles. The molecule has 1 unspecified atom stereocenters. The highest BCUT2D eigenvalue weighted by molar-refractivity contribution is 6.42. The smallest absolute Gasteiger partial charge is 0.0757 e. The van der Waals surface area contributed by atoms with Gasteiger partial charge in [-0.1, -0.05) is 29.3 Å². The summed E-state index contributed by atoms with van der Waals surface area (Å²) in [7, 11) is 0. The van der Waals surface area contributed by atoms with Crippen LogP contribution in [0, 0.1) is 0 Å². The Bertz CT molecular complexity index is 502. The summed E-state index contributed by atoms with van der Waals surface area (Å²) in [5.74, 6) is 0. The zero-order valence-electron chi connectivity index (χ0n) is 8.98. The van der Waals surface area contributed by atoms with Crippen LogP contribution in [0.4, 0.5) is 0 Å². The van der Waals surface area contributed by atoms with Crippen LogP contribution in [0.1, 0.15) is 17.3 Å². The lowest BCUT2D eigenvalue weighted by molar-refractivity contribution is 0.691. The fraction of sp³-hybridized carbons (Fsp3) is 0.167. The van der Waals surface area contributed by atoms with Crippen LogP contribution < -0.4 is 5.73 Å². The monoisotopic (exact) mass is 267 g/mol. The minimum atomic E-state index is -0.194. The molecule has 0 saturated heterocycles. The maximum atomic E-state index is 6.04. The van der Waals surface area contributed by atoms with E-state index in [2.05, 4.69) is 9.97 Å². The number of halogens is 2. The quantitative estimate of drug-likeness (QED) is 0.930. The number of nitrogens with two attached hydrogens (primary N) is 1. The van der Waals surface area contributed by atoms with E-state index in [0.29, 0.717) is 16.5 Å². The summed E-state index contributed by atoms with van der Waals surface area (Å²) in [5, 5.41) is 1.08. The third-order valence-electron chi connectivity index (χ3n) is 2.40. The van der Waals surface area contributed by atoms with E-state index in [4.69, 9.17) is 28.9 Å². The normalized spacial score (nSPS) is 12.4. The van der Waals surface area contributed by atoms with Crippen LogP contribution >= 0.6 is 23.2 Å². The lowest BCUT2D eigenvalue weighted by Gasteiger charge is -2.10. The Morgan fingerprint density at radius 3 is 2.65 bits per heavy atom. The minimum Gasteiger partial charge on any atom is -0.322 e. The average molecular weight is 268 g/mol. The second-order valence-electron chi connectivity index (χ2n) is 3.69. The van der Waals surface area contributed by atoms with Gasteiger partial charge in [0, 0.05) is 18.6 Å². The van der Waals surface area contributed by atoms with E-state index in [0.717, 1.165) is 11.3 Å². The highest BCUT2D eigenvalue weighted by atomic mass is 35.5. The van der Waals surface area contributed by atoms with Gasteiger partial charge in [0.05, 0.1) is 21.8 Å². The molecule has 2 N–H and O–H groups in total. The van der Waals surface area contributed by atoms with Gasteiger partial charge < -0.3 is 5.73 Å². The standard InChI is InChI=1S/C12H11Cl2N3/c13-9-2-1-8(5-10(9)14)6-11(15)12-7-16-3-4-17-12/h1-5,7,11H,6,15H2. The van der Waals surface area contributed by atoms with Crippen molar-refractivity contribution in [1.82, 2.24) is 9.97 Å². The molecule has 1 aromatic carbocycles. The average Bonchev–Trinajstić information content (AvgIpc) is 2.35. The van der Waals surface area contributed by atoms with Crippen molar-refractivity contribution in [2.24, 2.45) is 5.73 Å². The maximum Gasteiger partial charge on any atom is 0.0757 e. The van der Waals surface area contributed by atoms with E-state index in [1.165, 1.54) is 0 Å². The van der Waals surface area contributed by atoms with Gasteiger partial charge in [-0.3, -0.25) is 9.97 Å². The van der Waals surface area contributed by atoms with Crippen molar-refractivity contribution in [3.8, 4) is 0 Å². The Labute approximate surface area is 110 Å². The number of rotatable bonds is 3. The van der Waals surface area contributed by atoms with Crippen molar-refractivity contribution in [2.75, 3.05) is 0 Å². The summed E-state index contributed by atoms with van der Waals surface area (Å²) in [6.45, 7) is 0. The molecule has 0 aliphatic heterocycles. The fourth-order valence-electron chi connectivity index (χ4n) is 1.53.